The number of ether oxygens (including phenoxy) is 1. The van der Waals surface area contributed by atoms with E-state index in [4.69, 9.17) is 22.1 Å². The summed E-state index contributed by atoms with van der Waals surface area (Å²) in [4.78, 5) is 25.3. The molecule has 2 aliphatic heterocycles. The number of carboxylic acid groups (broad SMARTS) is 1. The molecule has 0 aliphatic carbocycles. The number of nitrogens with one attached hydrogen (secondary N) is 2. The number of amides is 2. The minimum Gasteiger partial charge on any atom is -0.530 e. The number of hydrogen-bond acceptors (Lipinski definition) is 6. The monoisotopic (exact) mass is 395 g/mol. The topological polar surface area (TPSA) is 120 Å². The summed E-state index contributed by atoms with van der Waals surface area (Å²) >= 11 is 6.21. The number of rotatable bonds is 5. The molecule has 0 unspecified atom stereocenters. The fourth-order valence-electron chi connectivity index (χ4n) is 3.58. The van der Waals surface area contributed by atoms with E-state index in [1.807, 2.05) is 0 Å². The number of nitrogens with zero attached hydrogens (tertiary/aromatic N) is 1. The third kappa shape index (κ3) is 4.75. The number of halogens is 1. The summed E-state index contributed by atoms with van der Waals surface area (Å²) in [5, 5.41) is 16.1. The van der Waals surface area contributed by atoms with E-state index in [9.17, 15) is 14.7 Å². The highest BCUT2D eigenvalue weighted by atomic mass is 35.5. The summed E-state index contributed by atoms with van der Waals surface area (Å²) in [6.45, 7) is 3.11. The zero-order valence-electron chi connectivity index (χ0n) is 15.1. The predicted molar refractivity (Wildman–Crippen MR) is 100 cm³/mol. The van der Waals surface area contributed by atoms with Gasteiger partial charge in [-0.2, -0.15) is 0 Å². The fraction of sp³-hybridized carbons (Fsp3) is 0.556. The first-order valence-corrected chi connectivity index (χ1v) is 9.55. The maximum Gasteiger partial charge on any atom is 0.255 e. The number of nitrogens with two attached hydrogens (primary N) is 1. The molecule has 0 spiro atoms. The molecule has 1 fully saturated rings. The van der Waals surface area contributed by atoms with Crippen LogP contribution in [0.4, 0.5) is 10.5 Å². The van der Waals surface area contributed by atoms with Crippen molar-refractivity contribution in [2.45, 2.75) is 31.7 Å². The summed E-state index contributed by atoms with van der Waals surface area (Å²) in [6.07, 6.45) is 1.93. The number of nitrogen functional groups attached to an aromatic ring is 1. The molecular weight excluding hydrogens is 372 g/mol. The van der Waals surface area contributed by atoms with Crippen molar-refractivity contribution in [1.82, 2.24) is 15.5 Å². The van der Waals surface area contributed by atoms with Crippen molar-refractivity contribution in [3.05, 3.63) is 22.2 Å². The Morgan fingerprint density at radius 1 is 1.37 bits per heavy atom. The van der Waals surface area contributed by atoms with Crippen LogP contribution in [0.1, 0.15) is 35.2 Å². The van der Waals surface area contributed by atoms with Crippen molar-refractivity contribution < 1.29 is 19.4 Å². The Morgan fingerprint density at radius 3 is 2.81 bits per heavy atom. The number of piperidine rings is 1. The van der Waals surface area contributed by atoms with Gasteiger partial charge in [-0.15, -0.1) is 0 Å². The van der Waals surface area contributed by atoms with Gasteiger partial charge in [0.05, 0.1) is 22.9 Å². The van der Waals surface area contributed by atoms with Crippen molar-refractivity contribution in [3.63, 3.8) is 0 Å². The van der Waals surface area contributed by atoms with Crippen LogP contribution in [0.2, 0.25) is 5.02 Å². The normalized spacial score (nSPS) is 17.7. The molecule has 1 aromatic rings. The van der Waals surface area contributed by atoms with Crippen molar-refractivity contribution >= 4 is 29.3 Å². The van der Waals surface area contributed by atoms with E-state index in [2.05, 4.69) is 15.5 Å². The molecule has 0 radical (unpaired) electrons. The molecule has 1 aromatic carbocycles. The van der Waals surface area contributed by atoms with Gasteiger partial charge in [-0.3, -0.25) is 4.79 Å². The summed E-state index contributed by atoms with van der Waals surface area (Å²) < 4.78 is 5.71. The van der Waals surface area contributed by atoms with Crippen molar-refractivity contribution in [1.29, 1.82) is 0 Å². The maximum atomic E-state index is 12.8. The van der Waals surface area contributed by atoms with Gasteiger partial charge in [-0.05, 0) is 31.7 Å². The molecule has 1 saturated heterocycles. The Morgan fingerprint density at radius 2 is 2.11 bits per heavy atom. The molecule has 0 saturated carbocycles. The fourth-order valence-corrected chi connectivity index (χ4v) is 3.81. The Hall–Kier alpha value is -2.19. The van der Waals surface area contributed by atoms with E-state index in [-0.39, 0.29) is 11.9 Å². The molecule has 8 nitrogen and oxygen atoms in total. The SMILES string of the molecule is Nc1c(Cl)cc(C(=O)NC2CCN(CCNC(=O)[O-])CC2)c2c1CCCO2. The van der Waals surface area contributed by atoms with Gasteiger partial charge in [0.15, 0.2) is 0 Å². The maximum absolute atomic E-state index is 12.8. The molecular formula is C18H24ClN4O4-. The van der Waals surface area contributed by atoms with Crippen LogP contribution in [-0.2, 0) is 6.42 Å². The summed E-state index contributed by atoms with van der Waals surface area (Å²) in [6, 6.07) is 1.63. The van der Waals surface area contributed by atoms with Gasteiger partial charge in [-0.1, -0.05) is 11.6 Å². The molecule has 2 aliphatic rings. The molecule has 3 rings (SSSR count). The van der Waals surface area contributed by atoms with Crippen LogP contribution >= 0.6 is 11.6 Å². The zero-order chi connectivity index (χ0) is 19.4. The highest BCUT2D eigenvalue weighted by Gasteiger charge is 2.26. The number of fused-ring (bicyclic) bond motifs is 1. The van der Waals surface area contributed by atoms with Crippen LogP contribution in [0.25, 0.3) is 0 Å². The molecule has 9 heteroatoms. The summed E-state index contributed by atoms with van der Waals surface area (Å²) in [5.74, 6) is 0.346. The van der Waals surface area contributed by atoms with E-state index >= 15 is 0 Å². The smallest absolute Gasteiger partial charge is 0.255 e. The number of carbonyl (C=O) groups excluding carboxylic acids is 2. The average Bonchev–Trinajstić information content (AvgIpc) is 2.66. The molecule has 0 bridgehead atoms. The molecule has 148 valence electrons. The average molecular weight is 396 g/mol. The third-order valence-corrected chi connectivity index (χ3v) is 5.37. The summed E-state index contributed by atoms with van der Waals surface area (Å²) in [7, 11) is 0. The molecule has 0 atom stereocenters. The largest absolute Gasteiger partial charge is 0.530 e. The Bertz CT molecular complexity index is 720. The second-order valence-corrected chi connectivity index (χ2v) is 7.29. The van der Waals surface area contributed by atoms with Crippen LogP contribution in [0.5, 0.6) is 5.75 Å². The third-order valence-electron chi connectivity index (χ3n) is 5.05. The molecule has 0 aromatic heterocycles. The van der Waals surface area contributed by atoms with Crippen molar-refractivity contribution in [2.24, 2.45) is 0 Å². The second kappa shape index (κ2) is 8.67. The number of carbonyl (C=O) groups is 2. The lowest BCUT2D eigenvalue weighted by molar-refractivity contribution is -0.250. The molecule has 2 amide bonds. The quantitative estimate of drug-likeness (QED) is 0.620. The Labute approximate surface area is 163 Å². The van der Waals surface area contributed by atoms with Gasteiger partial charge in [0.2, 0.25) is 0 Å². The molecule has 27 heavy (non-hydrogen) atoms. The van der Waals surface area contributed by atoms with E-state index in [1.165, 1.54) is 0 Å². The second-order valence-electron chi connectivity index (χ2n) is 6.88. The van der Waals surface area contributed by atoms with E-state index in [0.717, 1.165) is 44.3 Å². The first-order valence-electron chi connectivity index (χ1n) is 9.17. The first kappa shape index (κ1) is 19.6. The minimum atomic E-state index is -1.26. The van der Waals surface area contributed by atoms with E-state index < -0.39 is 6.09 Å². The molecule has 2 heterocycles. The Balaban J connectivity index is 1.58. The van der Waals surface area contributed by atoms with Crippen molar-refractivity contribution in [3.8, 4) is 5.75 Å². The van der Waals surface area contributed by atoms with E-state index in [0.29, 0.717) is 41.7 Å². The van der Waals surface area contributed by atoms with Gasteiger partial charge in [-0.25, -0.2) is 0 Å². The zero-order valence-corrected chi connectivity index (χ0v) is 15.8. The minimum absolute atomic E-state index is 0.0541. The van der Waals surface area contributed by atoms with Gasteiger partial charge in [0.1, 0.15) is 11.8 Å². The Kier molecular flexibility index (Phi) is 6.28. The van der Waals surface area contributed by atoms with Gasteiger partial charge in [0.25, 0.3) is 5.91 Å². The van der Waals surface area contributed by atoms with Crippen LogP contribution in [0.15, 0.2) is 6.07 Å². The van der Waals surface area contributed by atoms with Crippen LogP contribution < -0.4 is 26.2 Å². The van der Waals surface area contributed by atoms with Crippen molar-refractivity contribution in [2.75, 3.05) is 38.5 Å². The number of hydrogen-bond donors (Lipinski definition) is 3. The molecule has 4 N–H and O–H groups in total. The number of anilines is 1. The highest BCUT2D eigenvalue weighted by Crippen LogP contribution is 2.38. The predicted octanol–water partition coefficient (Wildman–Crippen LogP) is 0.374. The standard InChI is InChI=1S/C18H25ClN4O4/c19-14-10-13(16-12(15(14)20)2-1-9-27-16)17(24)22-11-3-6-23(7-4-11)8-5-21-18(25)26/h10-11,21H,1-9,20H2,(H,22,24)(H,25,26)/p-1. The van der Waals surface area contributed by atoms with Crippen LogP contribution in [-0.4, -0.2) is 55.7 Å². The lowest BCUT2D eigenvalue weighted by atomic mass is 9.99. The highest BCUT2D eigenvalue weighted by molar-refractivity contribution is 6.33. The van der Waals surface area contributed by atoms with Gasteiger partial charge < -0.3 is 35.9 Å². The number of benzene rings is 1. The number of likely N-dealkylation sites (tertiary alicyclic amines) is 1. The van der Waals surface area contributed by atoms with Crippen LogP contribution in [0, 0.1) is 0 Å². The van der Waals surface area contributed by atoms with Gasteiger partial charge in [0, 0.05) is 37.8 Å². The first-order chi connectivity index (χ1) is 13.0. The van der Waals surface area contributed by atoms with Crippen LogP contribution in [0.3, 0.4) is 0 Å². The van der Waals surface area contributed by atoms with E-state index in [1.54, 1.807) is 6.07 Å². The summed E-state index contributed by atoms with van der Waals surface area (Å²) in [5.41, 5.74) is 7.77. The lowest BCUT2D eigenvalue weighted by Crippen LogP contribution is -2.47. The lowest BCUT2D eigenvalue weighted by Gasteiger charge is -2.32. The van der Waals surface area contributed by atoms with Gasteiger partial charge >= 0.3 is 0 Å².